The first-order valence-electron chi connectivity index (χ1n) is 10.8. The lowest BCUT2D eigenvalue weighted by molar-refractivity contribution is -0.349. The maximum absolute atomic E-state index is 12.8. The molecule has 5 rings (SSSR count). The van der Waals surface area contributed by atoms with Crippen molar-refractivity contribution < 1.29 is 33.6 Å². The maximum Gasteiger partial charge on any atom is 0.338 e. The standard InChI is InChI=1S/C26H24O7/c27-21-22-20(16-29-25(33-22)18-12-6-2-7-13-18)31-26(30-19-14-8-3-9-15-19)23(21)32-24(28)17-10-4-1-5-11-17/h1-15,20-23,25-27H,16H2/t20-,21+,22-,23-,25-,26-/m1/s1. The average Bonchev–Trinajstić information content (AvgIpc) is 2.88. The molecule has 2 fully saturated rings. The van der Waals surface area contributed by atoms with Crippen LogP contribution < -0.4 is 4.74 Å². The van der Waals surface area contributed by atoms with Gasteiger partial charge in [-0.2, -0.15) is 0 Å². The molecule has 6 atom stereocenters. The molecule has 33 heavy (non-hydrogen) atoms. The van der Waals surface area contributed by atoms with Crippen LogP contribution in [-0.4, -0.2) is 48.4 Å². The van der Waals surface area contributed by atoms with Gasteiger partial charge in [-0.15, -0.1) is 0 Å². The fraction of sp³-hybridized carbons (Fsp3) is 0.269. The summed E-state index contributed by atoms with van der Waals surface area (Å²) < 4.78 is 29.7. The second-order valence-corrected chi connectivity index (χ2v) is 7.88. The molecule has 0 spiro atoms. The molecule has 0 aromatic heterocycles. The lowest BCUT2D eigenvalue weighted by Gasteiger charge is -2.47. The van der Waals surface area contributed by atoms with Crippen LogP contribution in [0.2, 0.25) is 0 Å². The maximum atomic E-state index is 12.8. The van der Waals surface area contributed by atoms with Crippen LogP contribution in [0.1, 0.15) is 22.2 Å². The Kier molecular flexibility index (Phi) is 6.37. The van der Waals surface area contributed by atoms with Gasteiger partial charge in [-0.3, -0.25) is 0 Å². The van der Waals surface area contributed by atoms with E-state index in [0.29, 0.717) is 11.3 Å². The van der Waals surface area contributed by atoms with E-state index >= 15 is 0 Å². The zero-order chi connectivity index (χ0) is 22.6. The molecule has 2 heterocycles. The summed E-state index contributed by atoms with van der Waals surface area (Å²) in [5, 5.41) is 11.3. The van der Waals surface area contributed by atoms with E-state index in [1.807, 2.05) is 48.5 Å². The van der Waals surface area contributed by atoms with E-state index in [9.17, 15) is 9.90 Å². The van der Waals surface area contributed by atoms with Crippen LogP contribution in [0.3, 0.4) is 0 Å². The highest BCUT2D eigenvalue weighted by Crippen LogP contribution is 2.36. The highest BCUT2D eigenvalue weighted by molar-refractivity contribution is 5.89. The van der Waals surface area contributed by atoms with E-state index < -0.39 is 43.0 Å². The zero-order valence-corrected chi connectivity index (χ0v) is 17.7. The molecule has 2 saturated heterocycles. The van der Waals surface area contributed by atoms with Crippen LogP contribution in [0.15, 0.2) is 91.0 Å². The number of hydrogen-bond acceptors (Lipinski definition) is 7. The number of carbonyl (C=O) groups excluding carboxylic acids is 1. The van der Waals surface area contributed by atoms with Crippen molar-refractivity contribution in [2.45, 2.75) is 37.0 Å². The Morgan fingerprint density at radius 2 is 1.48 bits per heavy atom. The third-order valence-corrected chi connectivity index (χ3v) is 5.63. The summed E-state index contributed by atoms with van der Waals surface area (Å²) >= 11 is 0. The van der Waals surface area contributed by atoms with E-state index in [1.165, 1.54) is 0 Å². The zero-order valence-electron chi connectivity index (χ0n) is 17.7. The Morgan fingerprint density at radius 3 is 2.18 bits per heavy atom. The number of ether oxygens (including phenoxy) is 5. The third-order valence-electron chi connectivity index (χ3n) is 5.63. The molecule has 1 N–H and O–H groups in total. The fourth-order valence-corrected chi connectivity index (χ4v) is 3.97. The van der Waals surface area contributed by atoms with Crippen molar-refractivity contribution in [2.24, 2.45) is 0 Å². The molecule has 7 heteroatoms. The molecule has 170 valence electrons. The van der Waals surface area contributed by atoms with Gasteiger partial charge in [0.1, 0.15) is 24.1 Å². The monoisotopic (exact) mass is 448 g/mol. The Hall–Kier alpha value is -3.23. The number of benzene rings is 3. The number of esters is 1. The first-order valence-corrected chi connectivity index (χ1v) is 10.8. The van der Waals surface area contributed by atoms with Crippen molar-refractivity contribution >= 4 is 5.97 Å². The normalized spacial score (nSPS) is 29.0. The number of fused-ring (bicyclic) bond motifs is 1. The van der Waals surface area contributed by atoms with Crippen molar-refractivity contribution in [2.75, 3.05) is 6.61 Å². The molecule has 2 aliphatic rings. The molecule has 0 radical (unpaired) electrons. The molecule has 2 aliphatic heterocycles. The lowest BCUT2D eigenvalue weighted by Crippen LogP contribution is -2.64. The van der Waals surface area contributed by atoms with Crippen LogP contribution in [0.5, 0.6) is 5.75 Å². The summed E-state index contributed by atoms with van der Waals surface area (Å²) in [5.74, 6) is -0.0660. The molecular formula is C26H24O7. The lowest BCUT2D eigenvalue weighted by atomic mass is 9.97. The number of hydrogen-bond donors (Lipinski definition) is 1. The van der Waals surface area contributed by atoms with Crippen LogP contribution >= 0.6 is 0 Å². The van der Waals surface area contributed by atoms with Crippen molar-refractivity contribution in [3.8, 4) is 5.75 Å². The molecule has 0 saturated carbocycles. The van der Waals surface area contributed by atoms with Crippen molar-refractivity contribution in [1.29, 1.82) is 0 Å². The van der Waals surface area contributed by atoms with Gasteiger partial charge >= 0.3 is 5.97 Å². The SMILES string of the molecule is O=C(O[C@H]1[C@H](Oc2ccccc2)O[C@@H]2CO[C@@H](c3ccccc3)O[C@H]2[C@@H]1O)c1ccccc1. The van der Waals surface area contributed by atoms with E-state index in [2.05, 4.69) is 0 Å². The number of aliphatic hydroxyl groups is 1. The predicted molar refractivity (Wildman–Crippen MR) is 117 cm³/mol. The van der Waals surface area contributed by atoms with Gasteiger partial charge in [-0.05, 0) is 24.3 Å². The van der Waals surface area contributed by atoms with Crippen LogP contribution in [0, 0.1) is 0 Å². The van der Waals surface area contributed by atoms with E-state index in [1.54, 1.807) is 42.5 Å². The quantitative estimate of drug-likeness (QED) is 0.598. The smallest absolute Gasteiger partial charge is 0.338 e. The summed E-state index contributed by atoms with van der Waals surface area (Å²) in [6.07, 6.45) is -5.39. The van der Waals surface area contributed by atoms with Crippen LogP contribution in [0.25, 0.3) is 0 Å². The highest BCUT2D eigenvalue weighted by Gasteiger charge is 2.52. The predicted octanol–water partition coefficient (Wildman–Crippen LogP) is 3.49. The Labute approximate surface area is 191 Å². The molecule has 3 aromatic rings. The number of carbonyl (C=O) groups is 1. The Balaban J connectivity index is 1.38. The molecule has 0 bridgehead atoms. The van der Waals surface area contributed by atoms with Gasteiger partial charge < -0.3 is 28.8 Å². The minimum atomic E-state index is -1.19. The van der Waals surface area contributed by atoms with Crippen molar-refractivity contribution in [3.63, 3.8) is 0 Å². The van der Waals surface area contributed by atoms with Gasteiger partial charge in [0.15, 0.2) is 12.4 Å². The van der Waals surface area contributed by atoms with E-state index in [0.717, 1.165) is 5.56 Å². The Morgan fingerprint density at radius 1 is 0.848 bits per heavy atom. The number of rotatable bonds is 5. The molecule has 0 aliphatic carbocycles. The van der Waals surface area contributed by atoms with Gasteiger partial charge in [-0.1, -0.05) is 66.7 Å². The minimum absolute atomic E-state index is 0.190. The number of para-hydroxylation sites is 1. The van der Waals surface area contributed by atoms with E-state index in [-0.39, 0.29) is 6.61 Å². The molecule has 7 nitrogen and oxygen atoms in total. The van der Waals surface area contributed by atoms with Crippen LogP contribution in [-0.2, 0) is 18.9 Å². The van der Waals surface area contributed by atoms with Gasteiger partial charge in [0.25, 0.3) is 0 Å². The first kappa shape index (κ1) is 21.6. The van der Waals surface area contributed by atoms with Gasteiger partial charge in [-0.25, -0.2) is 4.79 Å². The third kappa shape index (κ3) is 4.77. The van der Waals surface area contributed by atoms with Gasteiger partial charge in [0, 0.05) is 5.56 Å². The molecule has 0 unspecified atom stereocenters. The second kappa shape index (κ2) is 9.72. The highest BCUT2D eigenvalue weighted by atomic mass is 16.8. The van der Waals surface area contributed by atoms with E-state index in [4.69, 9.17) is 23.7 Å². The van der Waals surface area contributed by atoms with Gasteiger partial charge in [0.05, 0.1) is 12.2 Å². The van der Waals surface area contributed by atoms with Gasteiger partial charge in [0.2, 0.25) is 6.29 Å². The van der Waals surface area contributed by atoms with Crippen molar-refractivity contribution in [1.82, 2.24) is 0 Å². The summed E-state index contributed by atoms with van der Waals surface area (Å²) in [6, 6.07) is 27.0. The summed E-state index contributed by atoms with van der Waals surface area (Å²) in [4.78, 5) is 12.8. The summed E-state index contributed by atoms with van der Waals surface area (Å²) in [5.41, 5.74) is 1.18. The largest absolute Gasteiger partial charge is 0.461 e. The first-order chi connectivity index (χ1) is 16.2. The number of aliphatic hydroxyl groups excluding tert-OH is 1. The fourth-order valence-electron chi connectivity index (χ4n) is 3.97. The molecule has 0 amide bonds. The summed E-state index contributed by atoms with van der Waals surface area (Å²) in [7, 11) is 0. The Bertz CT molecular complexity index is 1040. The average molecular weight is 448 g/mol. The van der Waals surface area contributed by atoms with Crippen LogP contribution in [0.4, 0.5) is 0 Å². The summed E-state index contributed by atoms with van der Waals surface area (Å²) in [6.45, 7) is 0.190. The second-order valence-electron chi connectivity index (χ2n) is 7.88. The topological polar surface area (TPSA) is 83.5 Å². The minimum Gasteiger partial charge on any atom is -0.461 e. The molecular weight excluding hydrogens is 424 g/mol. The molecule has 3 aromatic carbocycles. The van der Waals surface area contributed by atoms with Crippen molar-refractivity contribution in [3.05, 3.63) is 102 Å².